The van der Waals surface area contributed by atoms with Gasteiger partial charge in [0, 0.05) is 12.1 Å². The molecule has 0 radical (unpaired) electrons. The highest BCUT2D eigenvalue weighted by atomic mass is 19.1. The van der Waals surface area contributed by atoms with Gasteiger partial charge in [-0.3, -0.25) is 9.59 Å². The third-order valence-electron chi connectivity index (χ3n) is 4.60. The lowest BCUT2D eigenvalue weighted by molar-refractivity contribution is -0.143. The third kappa shape index (κ3) is 6.87. The first-order valence-electron chi connectivity index (χ1n) is 10.1. The molecule has 0 aromatic heterocycles. The first kappa shape index (κ1) is 23.4. The van der Waals surface area contributed by atoms with Crippen molar-refractivity contribution >= 4 is 11.8 Å². The van der Waals surface area contributed by atoms with Gasteiger partial charge >= 0.3 is 0 Å². The topological polar surface area (TPSA) is 58.6 Å². The average molecular weight is 415 g/mol. The van der Waals surface area contributed by atoms with Crippen LogP contribution >= 0.6 is 0 Å². The standard InChI is InChI=1S/C24H31FN2O3/c1-6-20(23(29)26-24(3,4)5)27(15-18-11-13-19(25)14-12-18)22(28)16-30-21-10-8-7-9-17(21)2/h7-14,20H,6,15-16H2,1-5H3,(H,26,29)/t20-/m1/s1. The summed E-state index contributed by atoms with van der Waals surface area (Å²) in [6.07, 6.45) is 0.444. The monoisotopic (exact) mass is 414 g/mol. The maximum atomic E-state index is 13.3. The van der Waals surface area contributed by atoms with E-state index in [9.17, 15) is 14.0 Å². The van der Waals surface area contributed by atoms with Gasteiger partial charge in [-0.2, -0.15) is 0 Å². The molecule has 6 heteroatoms. The molecule has 0 aliphatic rings. The highest BCUT2D eigenvalue weighted by Crippen LogP contribution is 2.18. The molecule has 0 saturated carbocycles. The van der Waals surface area contributed by atoms with E-state index < -0.39 is 11.6 Å². The summed E-state index contributed by atoms with van der Waals surface area (Å²) in [5.74, 6) is -0.258. The zero-order chi connectivity index (χ0) is 22.3. The Labute approximate surface area is 178 Å². The fourth-order valence-corrected chi connectivity index (χ4v) is 3.10. The number of ether oxygens (including phenoxy) is 1. The van der Waals surface area contributed by atoms with E-state index in [2.05, 4.69) is 5.32 Å². The van der Waals surface area contributed by atoms with Gasteiger partial charge in [0.05, 0.1) is 0 Å². The van der Waals surface area contributed by atoms with Gasteiger partial charge in [0.1, 0.15) is 17.6 Å². The lowest BCUT2D eigenvalue weighted by atomic mass is 10.1. The Kier molecular flexibility index (Phi) is 7.98. The Morgan fingerprint density at radius 3 is 2.30 bits per heavy atom. The Morgan fingerprint density at radius 2 is 1.73 bits per heavy atom. The molecule has 0 bridgehead atoms. The molecule has 2 rings (SSSR count). The fourth-order valence-electron chi connectivity index (χ4n) is 3.10. The number of carbonyl (C=O) groups is 2. The molecule has 1 N–H and O–H groups in total. The van der Waals surface area contributed by atoms with Crippen molar-refractivity contribution in [3.05, 3.63) is 65.5 Å². The second kappa shape index (κ2) is 10.2. The number of amides is 2. The van der Waals surface area contributed by atoms with Gasteiger partial charge in [0.2, 0.25) is 5.91 Å². The molecule has 1 atom stereocenters. The first-order chi connectivity index (χ1) is 14.1. The minimum absolute atomic E-state index is 0.187. The molecule has 5 nitrogen and oxygen atoms in total. The molecule has 0 fully saturated rings. The summed E-state index contributed by atoms with van der Waals surface area (Å²) >= 11 is 0. The molecule has 0 heterocycles. The van der Waals surface area contributed by atoms with Gasteiger partial charge < -0.3 is 15.0 Å². The Balaban J connectivity index is 2.24. The van der Waals surface area contributed by atoms with Gasteiger partial charge in [-0.25, -0.2) is 4.39 Å². The highest BCUT2D eigenvalue weighted by molar-refractivity contribution is 5.88. The zero-order valence-corrected chi connectivity index (χ0v) is 18.4. The number of nitrogens with one attached hydrogen (secondary N) is 1. The molecule has 2 aromatic carbocycles. The number of rotatable bonds is 8. The number of para-hydroxylation sites is 1. The van der Waals surface area contributed by atoms with Gasteiger partial charge in [-0.05, 0) is 63.4 Å². The van der Waals surface area contributed by atoms with E-state index >= 15 is 0 Å². The van der Waals surface area contributed by atoms with Crippen LogP contribution in [0.2, 0.25) is 0 Å². The normalized spacial score (nSPS) is 12.2. The summed E-state index contributed by atoms with van der Waals surface area (Å²) in [6, 6.07) is 12.7. The summed E-state index contributed by atoms with van der Waals surface area (Å²) in [4.78, 5) is 27.5. The lowest BCUT2D eigenvalue weighted by Crippen LogP contribution is -2.54. The van der Waals surface area contributed by atoms with Crippen LogP contribution in [-0.4, -0.2) is 34.9 Å². The predicted molar refractivity (Wildman–Crippen MR) is 116 cm³/mol. The SMILES string of the molecule is CC[C@H](C(=O)NC(C)(C)C)N(Cc1ccc(F)cc1)C(=O)COc1ccccc1C. The van der Waals surface area contributed by atoms with Crippen molar-refractivity contribution in [2.24, 2.45) is 0 Å². The summed E-state index contributed by atoms with van der Waals surface area (Å²) < 4.78 is 19.0. The molecule has 162 valence electrons. The third-order valence-corrected chi connectivity index (χ3v) is 4.60. The fraction of sp³-hybridized carbons (Fsp3) is 0.417. The summed E-state index contributed by atoms with van der Waals surface area (Å²) in [6.45, 7) is 9.45. The van der Waals surface area contributed by atoms with Crippen molar-refractivity contribution in [3.63, 3.8) is 0 Å². The second-order valence-electron chi connectivity index (χ2n) is 8.37. The van der Waals surface area contributed by atoms with Crippen LogP contribution in [0, 0.1) is 12.7 Å². The zero-order valence-electron chi connectivity index (χ0n) is 18.4. The lowest BCUT2D eigenvalue weighted by Gasteiger charge is -2.33. The highest BCUT2D eigenvalue weighted by Gasteiger charge is 2.30. The molecule has 0 unspecified atom stereocenters. The minimum atomic E-state index is -0.665. The van der Waals surface area contributed by atoms with Crippen LogP contribution < -0.4 is 10.1 Å². The van der Waals surface area contributed by atoms with E-state index in [0.717, 1.165) is 11.1 Å². The number of aryl methyl sites for hydroxylation is 1. The molecule has 2 amide bonds. The maximum Gasteiger partial charge on any atom is 0.261 e. The molecule has 2 aromatic rings. The summed E-state index contributed by atoms with van der Waals surface area (Å²) in [5.41, 5.74) is 1.24. The molecule has 30 heavy (non-hydrogen) atoms. The number of halogens is 1. The van der Waals surface area contributed by atoms with Gasteiger partial charge in [0.25, 0.3) is 5.91 Å². The van der Waals surface area contributed by atoms with Gasteiger partial charge in [-0.15, -0.1) is 0 Å². The number of carbonyl (C=O) groups excluding carboxylic acids is 2. The number of hydrogen-bond donors (Lipinski definition) is 1. The van der Waals surface area contributed by atoms with E-state index in [-0.39, 0.29) is 30.8 Å². The quantitative estimate of drug-likeness (QED) is 0.703. The minimum Gasteiger partial charge on any atom is -0.484 e. The van der Waals surface area contributed by atoms with E-state index in [1.807, 2.05) is 52.8 Å². The van der Waals surface area contributed by atoms with Crippen molar-refractivity contribution in [1.29, 1.82) is 0 Å². The van der Waals surface area contributed by atoms with Crippen molar-refractivity contribution in [1.82, 2.24) is 10.2 Å². The van der Waals surface area contributed by atoms with Crippen LogP contribution in [0.1, 0.15) is 45.2 Å². The van der Waals surface area contributed by atoms with Crippen LogP contribution in [0.3, 0.4) is 0 Å². The molecule has 0 aliphatic heterocycles. The molecule has 0 saturated heterocycles. The van der Waals surface area contributed by atoms with Crippen molar-refractivity contribution in [2.75, 3.05) is 6.61 Å². The molecular formula is C24H31FN2O3. The first-order valence-corrected chi connectivity index (χ1v) is 10.1. The predicted octanol–water partition coefficient (Wildman–Crippen LogP) is 4.24. The van der Waals surface area contributed by atoms with E-state index in [1.165, 1.54) is 17.0 Å². The Hall–Kier alpha value is -2.89. The van der Waals surface area contributed by atoms with Crippen molar-refractivity contribution < 1.29 is 18.7 Å². The van der Waals surface area contributed by atoms with Gasteiger partial charge in [0.15, 0.2) is 6.61 Å². The van der Waals surface area contributed by atoms with E-state index in [4.69, 9.17) is 4.74 Å². The average Bonchev–Trinajstić information content (AvgIpc) is 2.67. The second-order valence-corrected chi connectivity index (χ2v) is 8.37. The van der Waals surface area contributed by atoms with Crippen LogP contribution in [0.4, 0.5) is 4.39 Å². The Bertz CT molecular complexity index is 859. The number of hydrogen-bond acceptors (Lipinski definition) is 3. The maximum absolute atomic E-state index is 13.3. The van der Waals surface area contributed by atoms with Crippen LogP contribution in [0.5, 0.6) is 5.75 Å². The van der Waals surface area contributed by atoms with E-state index in [0.29, 0.717) is 12.2 Å². The van der Waals surface area contributed by atoms with Crippen molar-refractivity contribution in [2.45, 2.75) is 59.2 Å². The van der Waals surface area contributed by atoms with Crippen LogP contribution in [-0.2, 0) is 16.1 Å². The van der Waals surface area contributed by atoms with Crippen LogP contribution in [0.15, 0.2) is 48.5 Å². The largest absolute Gasteiger partial charge is 0.484 e. The molecule has 0 spiro atoms. The molecule has 0 aliphatic carbocycles. The summed E-state index contributed by atoms with van der Waals surface area (Å²) in [7, 11) is 0. The van der Waals surface area contributed by atoms with Gasteiger partial charge in [-0.1, -0.05) is 37.3 Å². The van der Waals surface area contributed by atoms with Crippen LogP contribution in [0.25, 0.3) is 0 Å². The van der Waals surface area contributed by atoms with Crippen molar-refractivity contribution in [3.8, 4) is 5.75 Å². The number of benzene rings is 2. The number of nitrogens with zero attached hydrogens (tertiary/aromatic N) is 1. The smallest absolute Gasteiger partial charge is 0.261 e. The Morgan fingerprint density at radius 1 is 1.10 bits per heavy atom. The molecular weight excluding hydrogens is 383 g/mol. The summed E-state index contributed by atoms with van der Waals surface area (Å²) in [5, 5.41) is 2.95. The van der Waals surface area contributed by atoms with E-state index in [1.54, 1.807) is 18.2 Å².